The highest BCUT2D eigenvalue weighted by Crippen LogP contribution is 2.31. The lowest BCUT2D eigenvalue weighted by Crippen LogP contribution is -2.37. The molecule has 0 N–H and O–H groups in total. The Bertz CT molecular complexity index is 479. The Kier molecular flexibility index (Phi) is 4.42. The summed E-state index contributed by atoms with van der Waals surface area (Å²) in [6.45, 7) is 4.80. The molecule has 1 amide bonds. The van der Waals surface area contributed by atoms with Crippen LogP contribution in [0.15, 0.2) is 18.3 Å². The Labute approximate surface area is 127 Å². The lowest BCUT2D eigenvalue weighted by Gasteiger charge is -2.35. The van der Waals surface area contributed by atoms with Gasteiger partial charge in [-0.05, 0) is 50.2 Å². The molecule has 0 aliphatic carbocycles. The predicted molar refractivity (Wildman–Crippen MR) is 84.3 cm³/mol. The van der Waals surface area contributed by atoms with E-state index in [1.54, 1.807) is 6.92 Å². The maximum Gasteiger partial charge on any atom is 0.219 e. The fourth-order valence-electron chi connectivity index (χ4n) is 3.56. The van der Waals surface area contributed by atoms with E-state index in [2.05, 4.69) is 22.0 Å². The number of amides is 1. The van der Waals surface area contributed by atoms with Crippen LogP contribution in [0.2, 0.25) is 0 Å². The van der Waals surface area contributed by atoms with Crippen LogP contribution in [0.4, 0.5) is 5.82 Å². The van der Waals surface area contributed by atoms with Crippen LogP contribution in [0, 0.1) is 0 Å². The van der Waals surface area contributed by atoms with Crippen LogP contribution in [-0.2, 0) is 4.79 Å². The standard InChI is InChI=1S/C17H25N3O/c1-14(21)20-12-6-3-7-16(20)15-8-9-17(18-13-15)19-10-4-2-5-11-19/h8-9,13,16H,2-7,10-12H2,1H3/t16-/m1/s1. The van der Waals surface area contributed by atoms with Gasteiger partial charge in [0.25, 0.3) is 0 Å². The Hall–Kier alpha value is -1.58. The molecule has 0 spiro atoms. The van der Waals surface area contributed by atoms with Gasteiger partial charge in [-0.1, -0.05) is 6.07 Å². The van der Waals surface area contributed by atoms with E-state index in [1.807, 2.05) is 11.1 Å². The van der Waals surface area contributed by atoms with Crippen LogP contribution in [-0.4, -0.2) is 35.4 Å². The molecule has 21 heavy (non-hydrogen) atoms. The molecule has 3 rings (SSSR count). The minimum absolute atomic E-state index is 0.180. The first kappa shape index (κ1) is 14.4. The van der Waals surface area contributed by atoms with Gasteiger partial charge in [0.05, 0.1) is 6.04 Å². The number of pyridine rings is 1. The van der Waals surface area contributed by atoms with E-state index in [1.165, 1.54) is 31.2 Å². The molecule has 4 nitrogen and oxygen atoms in total. The van der Waals surface area contributed by atoms with Gasteiger partial charge in [0, 0.05) is 32.8 Å². The minimum atomic E-state index is 0.180. The molecule has 0 aromatic carbocycles. The van der Waals surface area contributed by atoms with Gasteiger partial charge >= 0.3 is 0 Å². The van der Waals surface area contributed by atoms with Crippen molar-refractivity contribution in [1.82, 2.24) is 9.88 Å². The van der Waals surface area contributed by atoms with Crippen LogP contribution >= 0.6 is 0 Å². The monoisotopic (exact) mass is 287 g/mol. The summed E-state index contributed by atoms with van der Waals surface area (Å²) in [4.78, 5) is 20.8. The number of anilines is 1. The predicted octanol–water partition coefficient (Wildman–Crippen LogP) is 3.15. The van der Waals surface area contributed by atoms with Crippen molar-refractivity contribution >= 4 is 11.7 Å². The summed E-state index contributed by atoms with van der Waals surface area (Å²) in [5.41, 5.74) is 1.19. The van der Waals surface area contributed by atoms with Crippen molar-refractivity contribution in [2.75, 3.05) is 24.5 Å². The SMILES string of the molecule is CC(=O)N1CCCC[C@@H]1c1ccc(N2CCCCC2)nc1. The molecule has 0 unspecified atom stereocenters. The maximum atomic E-state index is 11.8. The number of nitrogens with zero attached hydrogens (tertiary/aromatic N) is 3. The summed E-state index contributed by atoms with van der Waals surface area (Å²) in [6.07, 6.45) is 9.23. The van der Waals surface area contributed by atoms with Crippen molar-refractivity contribution in [2.45, 2.75) is 51.5 Å². The second kappa shape index (κ2) is 6.46. The van der Waals surface area contributed by atoms with Crippen molar-refractivity contribution in [3.05, 3.63) is 23.9 Å². The van der Waals surface area contributed by atoms with Gasteiger partial charge in [0.15, 0.2) is 0 Å². The number of likely N-dealkylation sites (tertiary alicyclic amines) is 1. The Morgan fingerprint density at radius 2 is 1.86 bits per heavy atom. The van der Waals surface area contributed by atoms with Gasteiger partial charge in [-0.25, -0.2) is 4.98 Å². The van der Waals surface area contributed by atoms with Crippen LogP contribution < -0.4 is 4.90 Å². The molecule has 2 aliphatic heterocycles. The Balaban J connectivity index is 1.74. The molecule has 0 radical (unpaired) electrons. The average Bonchev–Trinajstić information content (AvgIpc) is 2.56. The van der Waals surface area contributed by atoms with E-state index in [0.717, 1.165) is 38.3 Å². The van der Waals surface area contributed by atoms with Crippen LogP contribution in [0.3, 0.4) is 0 Å². The number of carbonyl (C=O) groups excluding carboxylic acids is 1. The van der Waals surface area contributed by atoms with Crippen molar-refractivity contribution in [3.8, 4) is 0 Å². The third-order valence-electron chi connectivity index (χ3n) is 4.74. The summed E-state index contributed by atoms with van der Waals surface area (Å²) >= 11 is 0. The number of carbonyl (C=O) groups is 1. The Morgan fingerprint density at radius 3 is 2.52 bits per heavy atom. The fraction of sp³-hybridized carbons (Fsp3) is 0.647. The molecule has 1 aromatic rings. The summed E-state index contributed by atoms with van der Waals surface area (Å²) in [5.74, 6) is 1.27. The highest BCUT2D eigenvalue weighted by Gasteiger charge is 2.26. The largest absolute Gasteiger partial charge is 0.357 e. The third kappa shape index (κ3) is 3.20. The zero-order valence-electron chi connectivity index (χ0n) is 12.9. The number of hydrogen-bond acceptors (Lipinski definition) is 3. The third-order valence-corrected chi connectivity index (χ3v) is 4.74. The molecule has 1 atom stereocenters. The highest BCUT2D eigenvalue weighted by atomic mass is 16.2. The summed E-state index contributed by atoms with van der Waals surface area (Å²) in [7, 11) is 0. The summed E-state index contributed by atoms with van der Waals surface area (Å²) in [5, 5.41) is 0. The molecule has 1 aromatic heterocycles. The van der Waals surface area contributed by atoms with Gasteiger partial charge in [0.1, 0.15) is 5.82 Å². The lowest BCUT2D eigenvalue weighted by molar-refractivity contribution is -0.132. The highest BCUT2D eigenvalue weighted by molar-refractivity contribution is 5.74. The molecule has 2 aliphatic rings. The number of rotatable bonds is 2. The average molecular weight is 287 g/mol. The molecule has 0 bridgehead atoms. The van der Waals surface area contributed by atoms with Gasteiger partial charge in [-0.2, -0.15) is 0 Å². The lowest BCUT2D eigenvalue weighted by atomic mass is 9.96. The molecule has 2 fully saturated rings. The van der Waals surface area contributed by atoms with Crippen molar-refractivity contribution in [3.63, 3.8) is 0 Å². The molecular formula is C17H25N3O. The number of aromatic nitrogens is 1. The van der Waals surface area contributed by atoms with Crippen LogP contribution in [0.25, 0.3) is 0 Å². The molecule has 114 valence electrons. The van der Waals surface area contributed by atoms with Crippen LogP contribution in [0.1, 0.15) is 57.1 Å². The first-order valence-electron chi connectivity index (χ1n) is 8.24. The smallest absolute Gasteiger partial charge is 0.219 e. The van der Waals surface area contributed by atoms with Gasteiger partial charge in [0.2, 0.25) is 5.91 Å². The van der Waals surface area contributed by atoms with E-state index in [9.17, 15) is 4.79 Å². The van der Waals surface area contributed by atoms with Crippen molar-refractivity contribution in [1.29, 1.82) is 0 Å². The maximum absolute atomic E-state index is 11.8. The van der Waals surface area contributed by atoms with Crippen molar-refractivity contribution in [2.24, 2.45) is 0 Å². The first-order chi connectivity index (χ1) is 10.3. The molecule has 0 saturated carbocycles. The van der Waals surface area contributed by atoms with E-state index < -0.39 is 0 Å². The zero-order chi connectivity index (χ0) is 14.7. The summed E-state index contributed by atoms with van der Waals surface area (Å²) in [6, 6.07) is 4.52. The minimum Gasteiger partial charge on any atom is -0.357 e. The second-order valence-electron chi connectivity index (χ2n) is 6.22. The van der Waals surface area contributed by atoms with Gasteiger partial charge in [-0.15, -0.1) is 0 Å². The topological polar surface area (TPSA) is 36.4 Å². The summed E-state index contributed by atoms with van der Waals surface area (Å²) < 4.78 is 0. The molecule has 3 heterocycles. The van der Waals surface area contributed by atoms with E-state index >= 15 is 0 Å². The van der Waals surface area contributed by atoms with E-state index in [4.69, 9.17) is 0 Å². The molecule has 4 heteroatoms. The van der Waals surface area contributed by atoms with Crippen LogP contribution in [0.5, 0.6) is 0 Å². The molecule has 2 saturated heterocycles. The van der Waals surface area contributed by atoms with Crippen molar-refractivity contribution < 1.29 is 4.79 Å². The van der Waals surface area contributed by atoms with E-state index in [-0.39, 0.29) is 11.9 Å². The molecular weight excluding hydrogens is 262 g/mol. The first-order valence-corrected chi connectivity index (χ1v) is 8.24. The van der Waals surface area contributed by atoms with Gasteiger partial charge < -0.3 is 9.80 Å². The fourth-order valence-corrected chi connectivity index (χ4v) is 3.56. The second-order valence-corrected chi connectivity index (χ2v) is 6.22. The number of hydrogen-bond donors (Lipinski definition) is 0. The van der Waals surface area contributed by atoms with E-state index in [0.29, 0.717) is 0 Å². The quantitative estimate of drug-likeness (QED) is 0.838. The van der Waals surface area contributed by atoms with Gasteiger partial charge in [-0.3, -0.25) is 4.79 Å². The zero-order valence-corrected chi connectivity index (χ0v) is 12.9. The normalized spacial score (nSPS) is 23.2. The number of piperidine rings is 2. The Morgan fingerprint density at radius 1 is 1.10 bits per heavy atom.